The summed E-state index contributed by atoms with van der Waals surface area (Å²) in [6.45, 7) is 7.32. The number of nitrogens with zero attached hydrogens (tertiary/aromatic N) is 6. The molecule has 10 nitrogen and oxygen atoms in total. The van der Waals surface area contributed by atoms with Crippen molar-refractivity contribution in [3.8, 4) is 11.8 Å². The molecule has 0 radical (unpaired) electrons. The lowest BCUT2D eigenvalue weighted by molar-refractivity contribution is -0.274. The first kappa shape index (κ1) is 29.3. The Bertz CT molecular complexity index is 1810. The summed E-state index contributed by atoms with van der Waals surface area (Å²) in [5.41, 5.74) is 4.65. The van der Waals surface area contributed by atoms with Crippen molar-refractivity contribution in [1.82, 2.24) is 24.8 Å². The van der Waals surface area contributed by atoms with Crippen molar-refractivity contribution in [1.29, 1.82) is 5.26 Å². The number of aryl methyl sites for hydroxylation is 1. The second-order valence-corrected chi connectivity index (χ2v) is 12.3. The number of hydrogen-bond donors (Lipinski definition) is 1. The maximum Gasteiger partial charge on any atom is 0.573 e. The number of anilines is 1. The lowest BCUT2D eigenvalue weighted by Crippen LogP contribution is -2.60. The summed E-state index contributed by atoms with van der Waals surface area (Å²) in [6, 6.07) is 12.6. The number of hydrogen-bond acceptors (Lipinski definition) is 8. The lowest BCUT2D eigenvalue weighted by atomic mass is 9.72. The molecule has 1 spiro atoms. The van der Waals surface area contributed by atoms with E-state index in [1.54, 1.807) is 0 Å². The summed E-state index contributed by atoms with van der Waals surface area (Å²) in [4.78, 5) is 24.7. The van der Waals surface area contributed by atoms with E-state index in [2.05, 4.69) is 54.9 Å². The number of aromatic nitrogens is 3. The number of piperidine rings is 1. The number of carbonyl (C=O) groups is 1. The van der Waals surface area contributed by atoms with Gasteiger partial charge in [0.25, 0.3) is 0 Å². The number of carbonyl (C=O) groups excluding carboxylic acids is 1. The fourth-order valence-corrected chi connectivity index (χ4v) is 6.96. The molecule has 0 saturated carbocycles. The maximum absolute atomic E-state index is 12.8. The van der Waals surface area contributed by atoms with Gasteiger partial charge in [0, 0.05) is 47.9 Å². The van der Waals surface area contributed by atoms with Crippen molar-refractivity contribution in [2.24, 2.45) is 5.41 Å². The molecule has 7 rings (SSSR count). The highest BCUT2D eigenvalue weighted by Crippen LogP contribution is 2.44. The normalized spacial score (nSPS) is 20.3. The van der Waals surface area contributed by atoms with Gasteiger partial charge in [-0.25, -0.2) is 9.97 Å². The Morgan fingerprint density at radius 2 is 1.93 bits per heavy atom. The molecule has 1 amide bonds. The molecule has 2 aromatic carbocycles. The van der Waals surface area contributed by atoms with Crippen LogP contribution < -0.4 is 15.0 Å². The first-order valence-corrected chi connectivity index (χ1v) is 15.0. The third-order valence-electron chi connectivity index (χ3n) is 9.43. The second-order valence-electron chi connectivity index (χ2n) is 12.3. The zero-order valence-electron chi connectivity index (χ0n) is 24.7. The zero-order chi connectivity index (χ0) is 31.3. The maximum atomic E-state index is 12.8. The number of halogens is 3. The average Bonchev–Trinajstić information content (AvgIpc) is 3.36. The minimum Gasteiger partial charge on any atom is -0.406 e. The molecule has 3 saturated heterocycles. The molecule has 4 aromatic rings. The van der Waals surface area contributed by atoms with Gasteiger partial charge in [-0.3, -0.25) is 9.69 Å². The fraction of sp³-hybridized carbons (Fsp3) is 0.438. The summed E-state index contributed by atoms with van der Waals surface area (Å²) in [7, 11) is 0. The van der Waals surface area contributed by atoms with E-state index in [4.69, 9.17) is 4.74 Å². The number of fused-ring (bicyclic) bond motifs is 2. The van der Waals surface area contributed by atoms with E-state index in [0.29, 0.717) is 35.5 Å². The monoisotopic (exact) mass is 619 g/mol. The van der Waals surface area contributed by atoms with Gasteiger partial charge in [-0.15, -0.1) is 13.2 Å². The second kappa shape index (κ2) is 11.2. The Morgan fingerprint density at radius 1 is 1.13 bits per heavy atom. The molecule has 0 unspecified atom stereocenters. The molecule has 1 N–H and O–H groups in total. The number of benzene rings is 2. The Hall–Kier alpha value is -4.41. The molecule has 1 atom stereocenters. The third kappa shape index (κ3) is 5.76. The number of amides is 1. The van der Waals surface area contributed by atoms with E-state index in [1.165, 1.54) is 30.1 Å². The van der Waals surface area contributed by atoms with Gasteiger partial charge in [0.2, 0.25) is 5.91 Å². The zero-order valence-corrected chi connectivity index (χ0v) is 24.7. The summed E-state index contributed by atoms with van der Waals surface area (Å²) < 4.78 is 50.2. The number of alkyl halides is 3. The van der Waals surface area contributed by atoms with Crippen LogP contribution in [0.15, 0.2) is 42.7 Å². The number of nitrogens with one attached hydrogen (secondary N) is 1. The molecule has 5 heterocycles. The summed E-state index contributed by atoms with van der Waals surface area (Å²) in [6.07, 6.45) is -1.47. The van der Waals surface area contributed by atoms with Crippen LogP contribution in [-0.2, 0) is 22.6 Å². The number of nitriles is 1. The topological polar surface area (TPSA) is 109 Å². The minimum atomic E-state index is -4.77. The van der Waals surface area contributed by atoms with Crippen LogP contribution in [-0.4, -0.2) is 77.1 Å². The molecular weight excluding hydrogens is 587 g/mol. The third-order valence-corrected chi connectivity index (χ3v) is 9.43. The highest BCUT2D eigenvalue weighted by Gasteiger charge is 2.45. The quantitative estimate of drug-likeness (QED) is 0.341. The van der Waals surface area contributed by atoms with Gasteiger partial charge >= 0.3 is 6.36 Å². The highest BCUT2D eigenvalue weighted by molar-refractivity contribution is 5.91. The van der Waals surface area contributed by atoms with Crippen molar-refractivity contribution in [3.63, 3.8) is 0 Å². The molecule has 3 aliphatic heterocycles. The number of morpholine rings is 1. The van der Waals surface area contributed by atoms with E-state index < -0.39 is 6.36 Å². The van der Waals surface area contributed by atoms with E-state index >= 15 is 0 Å². The average molecular weight is 620 g/mol. The number of rotatable bonds is 6. The van der Waals surface area contributed by atoms with Crippen molar-refractivity contribution in [2.45, 2.75) is 45.3 Å². The van der Waals surface area contributed by atoms with Gasteiger partial charge < -0.3 is 24.3 Å². The first-order valence-electron chi connectivity index (χ1n) is 15.0. The Balaban J connectivity index is 1.00. The SMILES string of the molecule is Cc1c(CN2CCC3(CC2)CN(c2ncnc4ccc(OC(F)(F)F)cc24)C3)ccc2c1cc(C#N)n2C[C@@H]1CNC(=O)CO1. The van der Waals surface area contributed by atoms with Crippen LogP contribution >= 0.6 is 0 Å². The predicted octanol–water partition coefficient (Wildman–Crippen LogP) is 4.28. The molecule has 2 aromatic heterocycles. The number of ether oxygens (including phenoxy) is 2. The van der Waals surface area contributed by atoms with E-state index in [0.717, 1.165) is 62.0 Å². The standard InChI is InChI=1S/C32H32F3N7O3/c1-20-21(2-5-28-25(20)10-22(12-36)42(28)15-24-13-37-29(43)16-44-24)14-40-8-6-31(7-9-40)17-41(18-31)30-26-11-23(45-32(33,34)35)3-4-27(26)38-19-39-30/h2-5,10-11,19,24H,6-9,13-18H2,1H3,(H,37,43)/t24-/m0/s1. The van der Waals surface area contributed by atoms with Crippen LogP contribution in [0.2, 0.25) is 0 Å². The van der Waals surface area contributed by atoms with Crippen molar-refractivity contribution in [2.75, 3.05) is 44.2 Å². The molecular formula is C32H32F3N7O3. The van der Waals surface area contributed by atoms with Gasteiger partial charge in [-0.2, -0.15) is 5.26 Å². The van der Waals surface area contributed by atoms with Crippen molar-refractivity contribution < 1.29 is 27.4 Å². The first-order chi connectivity index (χ1) is 21.6. The highest BCUT2D eigenvalue weighted by atomic mass is 19.4. The van der Waals surface area contributed by atoms with Crippen LogP contribution in [0.25, 0.3) is 21.8 Å². The molecule has 3 aliphatic rings. The van der Waals surface area contributed by atoms with Gasteiger partial charge in [0.1, 0.15) is 36.3 Å². The van der Waals surface area contributed by atoms with E-state index in [1.807, 2.05) is 10.6 Å². The predicted molar refractivity (Wildman–Crippen MR) is 160 cm³/mol. The molecule has 0 aliphatic carbocycles. The summed E-state index contributed by atoms with van der Waals surface area (Å²) >= 11 is 0. The Morgan fingerprint density at radius 3 is 2.64 bits per heavy atom. The van der Waals surface area contributed by atoms with E-state index in [9.17, 15) is 23.2 Å². The Labute approximate surface area is 257 Å². The van der Waals surface area contributed by atoms with Crippen LogP contribution in [0.3, 0.4) is 0 Å². The fourth-order valence-electron chi connectivity index (χ4n) is 6.96. The van der Waals surface area contributed by atoms with Crippen LogP contribution in [0.5, 0.6) is 5.75 Å². The molecule has 234 valence electrons. The lowest BCUT2D eigenvalue weighted by Gasteiger charge is -2.54. The smallest absolute Gasteiger partial charge is 0.406 e. The van der Waals surface area contributed by atoms with E-state index in [-0.39, 0.29) is 29.8 Å². The largest absolute Gasteiger partial charge is 0.573 e. The molecule has 45 heavy (non-hydrogen) atoms. The van der Waals surface area contributed by atoms with Gasteiger partial charge in [-0.1, -0.05) is 6.07 Å². The molecule has 0 bridgehead atoms. The van der Waals surface area contributed by atoms with Gasteiger partial charge in [-0.05, 0) is 74.3 Å². The van der Waals surface area contributed by atoms with Crippen LogP contribution in [0.1, 0.15) is 29.7 Å². The van der Waals surface area contributed by atoms with Crippen molar-refractivity contribution >= 4 is 33.5 Å². The number of likely N-dealkylation sites (tertiary alicyclic amines) is 1. The van der Waals surface area contributed by atoms with Crippen LogP contribution in [0, 0.1) is 23.7 Å². The van der Waals surface area contributed by atoms with Crippen molar-refractivity contribution in [3.05, 3.63) is 59.5 Å². The van der Waals surface area contributed by atoms with Crippen LogP contribution in [0.4, 0.5) is 19.0 Å². The van der Waals surface area contributed by atoms with Gasteiger partial charge in [0.15, 0.2) is 0 Å². The van der Waals surface area contributed by atoms with Gasteiger partial charge in [0.05, 0.1) is 18.2 Å². The Kier molecular flexibility index (Phi) is 7.29. The summed E-state index contributed by atoms with van der Waals surface area (Å²) in [5.74, 6) is 0.226. The molecule has 3 fully saturated rings. The summed E-state index contributed by atoms with van der Waals surface area (Å²) in [5, 5.41) is 14.3. The minimum absolute atomic E-state index is 0.0310. The molecule has 13 heteroatoms.